The number of nitrogens with zero attached hydrogens (tertiary/aromatic N) is 1. The van der Waals surface area contributed by atoms with E-state index in [1.807, 2.05) is 36.5 Å². The van der Waals surface area contributed by atoms with E-state index >= 15 is 0 Å². The second-order valence-corrected chi connectivity index (χ2v) is 6.09. The molecule has 2 aromatic carbocycles. The van der Waals surface area contributed by atoms with Crippen LogP contribution in [0.3, 0.4) is 0 Å². The second-order valence-electron chi connectivity index (χ2n) is 4.93. The Morgan fingerprint density at radius 2 is 1.81 bits per heavy atom. The maximum atomic E-state index is 5.80. The minimum atomic E-state index is 0.0870. The third kappa shape index (κ3) is 3.07. The number of rotatable bonds is 4. The summed E-state index contributed by atoms with van der Waals surface area (Å²) in [4.78, 5) is 4.41. The fraction of sp³-hybridized carbons (Fsp3) is 0.118. The largest absolute Gasteiger partial charge is 0.271 e. The minimum absolute atomic E-state index is 0.0870. The van der Waals surface area contributed by atoms with Crippen molar-refractivity contribution in [3.8, 4) is 0 Å². The molecular formula is C17H16IN3. The number of pyridine rings is 1. The molecule has 3 rings (SSSR count). The SMILES string of the molecule is NNC(Cc1ccnc2ccccc12)c1ccccc1I. The first-order valence-corrected chi connectivity index (χ1v) is 7.90. The third-order valence-electron chi connectivity index (χ3n) is 3.65. The van der Waals surface area contributed by atoms with Crippen molar-refractivity contribution < 1.29 is 0 Å². The van der Waals surface area contributed by atoms with Gasteiger partial charge in [0.1, 0.15) is 0 Å². The number of hydrogen-bond acceptors (Lipinski definition) is 3. The van der Waals surface area contributed by atoms with Gasteiger partial charge >= 0.3 is 0 Å². The molecule has 0 fully saturated rings. The van der Waals surface area contributed by atoms with E-state index in [9.17, 15) is 0 Å². The molecule has 0 aliphatic rings. The molecule has 3 nitrogen and oxygen atoms in total. The van der Waals surface area contributed by atoms with E-state index in [1.165, 1.54) is 20.1 Å². The normalized spacial score (nSPS) is 12.5. The summed E-state index contributed by atoms with van der Waals surface area (Å²) in [5.74, 6) is 5.80. The third-order valence-corrected chi connectivity index (χ3v) is 4.63. The molecule has 0 aliphatic carbocycles. The summed E-state index contributed by atoms with van der Waals surface area (Å²) in [6.07, 6.45) is 2.70. The Balaban J connectivity index is 1.98. The van der Waals surface area contributed by atoms with Gasteiger partial charge in [-0.2, -0.15) is 0 Å². The number of aromatic nitrogens is 1. The Morgan fingerprint density at radius 1 is 1.05 bits per heavy atom. The fourth-order valence-electron chi connectivity index (χ4n) is 2.57. The number of benzene rings is 2. The van der Waals surface area contributed by atoms with Gasteiger partial charge in [-0.1, -0.05) is 36.4 Å². The van der Waals surface area contributed by atoms with Crippen molar-refractivity contribution in [2.45, 2.75) is 12.5 Å². The van der Waals surface area contributed by atoms with Crippen molar-refractivity contribution in [3.05, 3.63) is 75.5 Å². The van der Waals surface area contributed by atoms with Crippen LogP contribution in [-0.2, 0) is 6.42 Å². The lowest BCUT2D eigenvalue weighted by Crippen LogP contribution is -2.30. The number of para-hydroxylation sites is 1. The van der Waals surface area contributed by atoms with Crippen molar-refractivity contribution in [1.82, 2.24) is 10.4 Å². The van der Waals surface area contributed by atoms with Gasteiger partial charge in [-0.05, 0) is 58.3 Å². The summed E-state index contributed by atoms with van der Waals surface area (Å²) in [5, 5.41) is 1.19. The van der Waals surface area contributed by atoms with Crippen molar-refractivity contribution in [1.29, 1.82) is 0 Å². The van der Waals surface area contributed by atoms with Crippen LogP contribution in [0.4, 0.5) is 0 Å². The van der Waals surface area contributed by atoms with Gasteiger partial charge in [0, 0.05) is 15.2 Å². The lowest BCUT2D eigenvalue weighted by atomic mass is 9.97. The zero-order valence-electron chi connectivity index (χ0n) is 11.5. The number of halogens is 1. The zero-order valence-corrected chi connectivity index (χ0v) is 13.6. The van der Waals surface area contributed by atoms with Gasteiger partial charge in [-0.15, -0.1) is 0 Å². The molecule has 4 heteroatoms. The first-order valence-electron chi connectivity index (χ1n) is 6.83. The molecule has 1 unspecified atom stereocenters. The number of hydrazine groups is 1. The van der Waals surface area contributed by atoms with E-state index in [1.54, 1.807) is 0 Å². The Kier molecular flexibility index (Phi) is 4.48. The van der Waals surface area contributed by atoms with Gasteiger partial charge in [0.15, 0.2) is 0 Å². The van der Waals surface area contributed by atoms with E-state index < -0.39 is 0 Å². The van der Waals surface area contributed by atoms with E-state index in [2.05, 4.69) is 57.3 Å². The highest BCUT2D eigenvalue weighted by Gasteiger charge is 2.14. The molecule has 1 aromatic heterocycles. The molecule has 1 atom stereocenters. The highest BCUT2D eigenvalue weighted by Crippen LogP contribution is 2.25. The molecule has 0 radical (unpaired) electrons. The van der Waals surface area contributed by atoms with Crippen LogP contribution >= 0.6 is 22.6 Å². The topological polar surface area (TPSA) is 50.9 Å². The van der Waals surface area contributed by atoms with Crippen molar-refractivity contribution in [2.24, 2.45) is 5.84 Å². The monoisotopic (exact) mass is 389 g/mol. The van der Waals surface area contributed by atoms with Gasteiger partial charge in [-0.3, -0.25) is 16.3 Å². The van der Waals surface area contributed by atoms with Crippen LogP contribution in [0.1, 0.15) is 17.2 Å². The molecule has 0 spiro atoms. The lowest BCUT2D eigenvalue weighted by molar-refractivity contribution is 0.551. The van der Waals surface area contributed by atoms with E-state index in [4.69, 9.17) is 5.84 Å². The maximum absolute atomic E-state index is 5.80. The first kappa shape index (κ1) is 14.4. The van der Waals surface area contributed by atoms with Gasteiger partial charge in [0.25, 0.3) is 0 Å². The zero-order chi connectivity index (χ0) is 14.7. The van der Waals surface area contributed by atoms with Gasteiger partial charge in [0.05, 0.1) is 11.6 Å². The summed E-state index contributed by atoms with van der Waals surface area (Å²) in [7, 11) is 0. The van der Waals surface area contributed by atoms with Crippen LogP contribution in [-0.4, -0.2) is 4.98 Å². The summed E-state index contributed by atoms with van der Waals surface area (Å²) in [6.45, 7) is 0. The Hall–Kier alpha value is -1.50. The summed E-state index contributed by atoms with van der Waals surface area (Å²) < 4.78 is 1.22. The molecule has 21 heavy (non-hydrogen) atoms. The molecular weight excluding hydrogens is 373 g/mol. The molecule has 0 saturated carbocycles. The molecule has 0 amide bonds. The highest BCUT2D eigenvalue weighted by atomic mass is 127. The van der Waals surface area contributed by atoms with Crippen LogP contribution in [0.15, 0.2) is 60.8 Å². The Labute approximate surface area is 137 Å². The predicted molar refractivity (Wildman–Crippen MR) is 94.7 cm³/mol. The van der Waals surface area contributed by atoms with Crippen LogP contribution in [0, 0.1) is 3.57 Å². The highest BCUT2D eigenvalue weighted by molar-refractivity contribution is 14.1. The van der Waals surface area contributed by atoms with Crippen LogP contribution < -0.4 is 11.3 Å². The molecule has 3 aromatic rings. The second kappa shape index (κ2) is 6.51. The van der Waals surface area contributed by atoms with E-state index in [-0.39, 0.29) is 6.04 Å². The van der Waals surface area contributed by atoms with E-state index in [0.29, 0.717) is 0 Å². The molecule has 0 saturated heterocycles. The van der Waals surface area contributed by atoms with E-state index in [0.717, 1.165) is 11.9 Å². The number of nitrogens with one attached hydrogen (secondary N) is 1. The standard InChI is InChI=1S/C17H16IN3/c18-15-7-3-1-6-14(15)17(21-19)11-12-9-10-20-16-8-4-2-5-13(12)16/h1-10,17,21H,11,19H2. The van der Waals surface area contributed by atoms with Gasteiger partial charge in [-0.25, -0.2) is 0 Å². The Morgan fingerprint density at radius 3 is 2.62 bits per heavy atom. The van der Waals surface area contributed by atoms with Gasteiger partial charge < -0.3 is 0 Å². The maximum Gasteiger partial charge on any atom is 0.0704 e. The lowest BCUT2D eigenvalue weighted by Gasteiger charge is -2.18. The molecule has 1 heterocycles. The number of nitrogens with two attached hydrogens (primary N) is 1. The van der Waals surface area contributed by atoms with Crippen LogP contribution in [0.25, 0.3) is 10.9 Å². The van der Waals surface area contributed by atoms with Crippen LogP contribution in [0.2, 0.25) is 0 Å². The number of hydrogen-bond donors (Lipinski definition) is 2. The van der Waals surface area contributed by atoms with Gasteiger partial charge in [0.2, 0.25) is 0 Å². The Bertz CT molecular complexity index is 752. The summed E-state index contributed by atoms with van der Waals surface area (Å²) in [5.41, 5.74) is 6.45. The van der Waals surface area contributed by atoms with Crippen molar-refractivity contribution in [3.63, 3.8) is 0 Å². The first-order chi connectivity index (χ1) is 10.3. The fourth-order valence-corrected chi connectivity index (χ4v) is 3.33. The minimum Gasteiger partial charge on any atom is -0.271 e. The summed E-state index contributed by atoms with van der Waals surface area (Å²) >= 11 is 2.35. The average molecular weight is 389 g/mol. The average Bonchev–Trinajstić information content (AvgIpc) is 2.53. The predicted octanol–water partition coefficient (Wildman–Crippen LogP) is 3.59. The van der Waals surface area contributed by atoms with Crippen LogP contribution in [0.5, 0.6) is 0 Å². The molecule has 0 bridgehead atoms. The quantitative estimate of drug-likeness (QED) is 0.408. The smallest absolute Gasteiger partial charge is 0.0704 e. The van der Waals surface area contributed by atoms with Crippen molar-refractivity contribution in [2.75, 3.05) is 0 Å². The molecule has 0 aliphatic heterocycles. The molecule has 3 N–H and O–H groups in total. The van der Waals surface area contributed by atoms with Crippen molar-refractivity contribution >= 4 is 33.5 Å². The number of fused-ring (bicyclic) bond motifs is 1. The molecule has 106 valence electrons. The summed E-state index contributed by atoms with van der Waals surface area (Å²) in [6, 6.07) is 18.7.